The van der Waals surface area contributed by atoms with E-state index in [1.54, 1.807) is 0 Å². The second kappa shape index (κ2) is 5.48. The summed E-state index contributed by atoms with van der Waals surface area (Å²) in [4.78, 5) is 9.18. The summed E-state index contributed by atoms with van der Waals surface area (Å²) in [6.07, 6.45) is 2.96. The summed E-state index contributed by atoms with van der Waals surface area (Å²) in [5.74, 6) is 1.08. The average molecular weight is 246 g/mol. The molecule has 0 aliphatic carbocycles. The molecule has 0 spiro atoms. The van der Waals surface area contributed by atoms with Gasteiger partial charge in [0.05, 0.1) is 6.04 Å². The molecule has 2 rings (SSSR count). The third-order valence-corrected chi connectivity index (χ3v) is 3.08. The Balaban J connectivity index is 2.45. The number of rotatable bonds is 5. The van der Waals surface area contributed by atoms with Gasteiger partial charge in [0.15, 0.2) is 5.65 Å². The van der Waals surface area contributed by atoms with Gasteiger partial charge in [-0.15, -0.1) is 0 Å². The number of nitrogens with one attached hydrogen (secondary N) is 1. The molecule has 0 fully saturated rings. The lowest BCUT2D eigenvalue weighted by molar-refractivity contribution is 0.490. The molecule has 0 bridgehead atoms. The number of nitrogens with zero attached hydrogens (tertiary/aromatic N) is 3. The first-order chi connectivity index (χ1) is 8.65. The van der Waals surface area contributed by atoms with Crippen LogP contribution in [0.1, 0.15) is 52.0 Å². The minimum atomic E-state index is 0.251. The lowest BCUT2D eigenvalue weighted by atomic mass is 10.2. The maximum absolute atomic E-state index is 4.72. The zero-order valence-electron chi connectivity index (χ0n) is 11.6. The van der Waals surface area contributed by atoms with Crippen molar-refractivity contribution < 1.29 is 0 Å². The van der Waals surface area contributed by atoms with Crippen LogP contribution < -0.4 is 5.32 Å². The van der Waals surface area contributed by atoms with E-state index >= 15 is 0 Å². The number of pyridine rings is 1. The molecule has 2 heterocycles. The van der Waals surface area contributed by atoms with E-state index in [4.69, 9.17) is 4.98 Å². The lowest BCUT2D eigenvalue weighted by Gasteiger charge is -2.17. The predicted octanol–water partition coefficient (Wildman–Crippen LogP) is 3.07. The van der Waals surface area contributed by atoms with E-state index in [2.05, 4.69) is 42.6 Å². The topological polar surface area (TPSA) is 42.7 Å². The van der Waals surface area contributed by atoms with Gasteiger partial charge in [0, 0.05) is 12.2 Å². The second-order valence-corrected chi connectivity index (χ2v) is 4.96. The molecule has 1 unspecified atom stereocenters. The molecule has 4 nitrogen and oxygen atoms in total. The largest absolute Gasteiger partial charge is 0.309 e. The van der Waals surface area contributed by atoms with Crippen molar-refractivity contribution in [3.05, 3.63) is 24.2 Å². The van der Waals surface area contributed by atoms with Gasteiger partial charge in [-0.25, -0.2) is 9.97 Å². The van der Waals surface area contributed by atoms with Crippen molar-refractivity contribution in [3.8, 4) is 0 Å². The Bertz CT molecular complexity index is 515. The van der Waals surface area contributed by atoms with Crippen LogP contribution in [0.3, 0.4) is 0 Å². The molecular weight excluding hydrogens is 224 g/mol. The molecule has 98 valence electrons. The van der Waals surface area contributed by atoms with Crippen LogP contribution in [0.4, 0.5) is 0 Å². The molecule has 0 aliphatic heterocycles. The Morgan fingerprint density at radius 2 is 2.11 bits per heavy atom. The summed E-state index contributed by atoms with van der Waals surface area (Å²) in [6, 6.07) is 4.58. The van der Waals surface area contributed by atoms with Gasteiger partial charge < -0.3 is 9.88 Å². The molecule has 2 aromatic heterocycles. The van der Waals surface area contributed by atoms with Gasteiger partial charge in [0.1, 0.15) is 11.3 Å². The van der Waals surface area contributed by atoms with E-state index in [-0.39, 0.29) is 6.04 Å². The number of imidazole rings is 1. The van der Waals surface area contributed by atoms with Crippen molar-refractivity contribution in [2.24, 2.45) is 0 Å². The van der Waals surface area contributed by atoms with Gasteiger partial charge in [-0.05, 0) is 45.9 Å². The van der Waals surface area contributed by atoms with Crippen LogP contribution in [-0.2, 0) is 0 Å². The Labute approximate surface area is 108 Å². The molecule has 4 heteroatoms. The maximum Gasteiger partial charge on any atom is 0.160 e. The van der Waals surface area contributed by atoms with Crippen LogP contribution in [0.2, 0.25) is 0 Å². The molecule has 1 atom stereocenters. The molecule has 0 aromatic carbocycles. The number of hydrogen-bond donors (Lipinski definition) is 1. The van der Waals surface area contributed by atoms with Crippen molar-refractivity contribution in [2.45, 2.75) is 46.2 Å². The summed E-state index contributed by atoms with van der Waals surface area (Å²) in [5, 5.41) is 3.49. The monoisotopic (exact) mass is 246 g/mol. The van der Waals surface area contributed by atoms with Gasteiger partial charge in [0.2, 0.25) is 0 Å². The molecular formula is C14H22N4. The van der Waals surface area contributed by atoms with Crippen LogP contribution >= 0.6 is 0 Å². The fraction of sp³-hybridized carbons (Fsp3) is 0.571. The van der Waals surface area contributed by atoms with Gasteiger partial charge in [0.25, 0.3) is 0 Å². The SMILES string of the molecule is CCCNC(C)c1nc2cccnc2n1C(C)C. The highest BCUT2D eigenvalue weighted by molar-refractivity contribution is 5.71. The first kappa shape index (κ1) is 13.0. The smallest absolute Gasteiger partial charge is 0.160 e. The fourth-order valence-electron chi connectivity index (χ4n) is 2.21. The van der Waals surface area contributed by atoms with Crippen LogP contribution in [0.15, 0.2) is 18.3 Å². The van der Waals surface area contributed by atoms with Gasteiger partial charge in [-0.2, -0.15) is 0 Å². The minimum Gasteiger partial charge on any atom is -0.309 e. The third kappa shape index (κ3) is 2.38. The van der Waals surface area contributed by atoms with Crippen LogP contribution in [0.25, 0.3) is 11.2 Å². The normalized spacial score (nSPS) is 13.4. The van der Waals surface area contributed by atoms with Crippen molar-refractivity contribution in [1.29, 1.82) is 0 Å². The molecule has 1 N–H and O–H groups in total. The van der Waals surface area contributed by atoms with Gasteiger partial charge in [-0.3, -0.25) is 0 Å². The quantitative estimate of drug-likeness (QED) is 0.881. The summed E-state index contributed by atoms with van der Waals surface area (Å²) >= 11 is 0. The van der Waals surface area contributed by atoms with E-state index < -0.39 is 0 Å². The third-order valence-electron chi connectivity index (χ3n) is 3.08. The number of hydrogen-bond acceptors (Lipinski definition) is 3. The van der Waals surface area contributed by atoms with E-state index in [9.17, 15) is 0 Å². The van der Waals surface area contributed by atoms with Crippen molar-refractivity contribution in [2.75, 3.05) is 6.54 Å². The highest BCUT2D eigenvalue weighted by Gasteiger charge is 2.18. The Morgan fingerprint density at radius 1 is 1.33 bits per heavy atom. The first-order valence-electron chi connectivity index (χ1n) is 6.71. The van der Waals surface area contributed by atoms with Crippen molar-refractivity contribution in [1.82, 2.24) is 19.9 Å². The second-order valence-electron chi connectivity index (χ2n) is 4.96. The van der Waals surface area contributed by atoms with Crippen LogP contribution in [0.5, 0.6) is 0 Å². The number of aromatic nitrogens is 3. The van der Waals surface area contributed by atoms with Gasteiger partial charge in [-0.1, -0.05) is 6.92 Å². The molecule has 18 heavy (non-hydrogen) atoms. The predicted molar refractivity (Wildman–Crippen MR) is 74.6 cm³/mol. The highest BCUT2D eigenvalue weighted by Crippen LogP contribution is 2.23. The highest BCUT2D eigenvalue weighted by atomic mass is 15.2. The van der Waals surface area contributed by atoms with Crippen molar-refractivity contribution in [3.63, 3.8) is 0 Å². The fourth-order valence-corrected chi connectivity index (χ4v) is 2.21. The van der Waals surface area contributed by atoms with E-state index in [0.29, 0.717) is 6.04 Å². The zero-order valence-corrected chi connectivity index (χ0v) is 11.6. The summed E-state index contributed by atoms with van der Waals surface area (Å²) in [5.41, 5.74) is 1.96. The summed E-state index contributed by atoms with van der Waals surface area (Å²) in [6.45, 7) is 9.69. The first-order valence-corrected chi connectivity index (χ1v) is 6.71. The average Bonchev–Trinajstić information content (AvgIpc) is 2.75. The van der Waals surface area contributed by atoms with E-state index in [1.165, 1.54) is 0 Å². The Morgan fingerprint density at radius 3 is 2.78 bits per heavy atom. The van der Waals surface area contributed by atoms with Crippen LogP contribution in [0, 0.1) is 0 Å². The van der Waals surface area contributed by atoms with E-state index in [1.807, 2.05) is 18.3 Å². The molecule has 0 saturated heterocycles. The Kier molecular flexibility index (Phi) is 3.97. The van der Waals surface area contributed by atoms with E-state index in [0.717, 1.165) is 30.0 Å². The standard InChI is InChI=1S/C14H22N4/c1-5-8-15-11(4)13-17-12-7-6-9-16-14(12)18(13)10(2)3/h6-7,9-11,15H,5,8H2,1-4H3. The number of fused-ring (bicyclic) bond motifs is 1. The summed E-state index contributed by atoms with van der Waals surface area (Å²) < 4.78 is 2.22. The molecule has 0 aliphatic rings. The Hall–Kier alpha value is -1.42. The minimum absolute atomic E-state index is 0.251. The van der Waals surface area contributed by atoms with Crippen LogP contribution in [-0.4, -0.2) is 21.1 Å². The molecule has 0 saturated carbocycles. The maximum atomic E-state index is 4.72. The molecule has 0 radical (unpaired) electrons. The molecule has 0 amide bonds. The molecule has 2 aromatic rings. The van der Waals surface area contributed by atoms with Crippen molar-refractivity contribution >= 4 is 11.2 Å². The van der Waals surface area contributed by atoms with Gasteiger partial charge >= 0.3 is 0 Å². The lowest BCUT2D eigenvalue weighted by Crippen LogP contribution is -2.23. The zero-order chi connectivity index (χ0) is 13.1. The summed E-state index contributed by atoms with van der Waals surface area (Å²) in [7, 11) is 0.